The van der Waals surface area contributed by atoms with Gasteiger partial charge in [-0.15, -0.1) is 0 Å². The first kappa shape index (κ1) is 45.6. The van der Waals surface area contributed by atoms with Crippen molar-refractivity contribution in [1.29, 1.82) is 0 Å². The Labute approximate surface area is 366 Å². The number of ketones is 1. The van der Waals surface area contributed by atoms with E-state index in [1.807, 2.05) is 31.2 Å². The van der Waals surface area contributed by atoms with E-state index in [1.165, 1.54) is 11.3 Å². The normalized spacial score (nSPS) is 18.7. The fourth-order valence-corrected chi connectivity index (χ4v) is 8.61. The van der Waals surface area contributed by atoms with Crippen molar-refractivity contribution in [3.05, 3.63) is 84.9 Å². The summed E-state index contributed by atoms with van der Waals surface area (Å²) in [6, 6.07) is 19.6. The molecule has 2 saturated carbocycles. The van der Waals surface area contributed by atoms with Crippen LogP contribution >= 0.6 is 11.3 Å². The van der Waals surface area contributed by atoms with Crippen molar-refractivity contribution in [3.8, 4) is 23.0 Å². The molecule has 0 atom stereocenters. The molecule has 1 heterocycles. The Morgan fingerprint density at radius 1 is 0.726 bits per heavy atom. The highest BCUT2D eigenvalue weighted by atomic mass is 32.1. The van der Waals surface area contributed by atoms with E-state index in [0.29, 0.717) is 93.3 Å². The van der Waals surface area contributed by atoms with Gasteiger partial charge in [0.25, 0.3) is 0 Å². The molecule has 4 aromatic rings. The number of aromatic nitrogens is 1. The number of carbonyl (C=O) groups excluding carboxylic acids is 5. The Kier molecular flexibility index (Phi) is 16.8. The average Bonchev–Trinajstić information content (AvgIpc) is 3.73. The molecule has 0 saturated heterocycles. The number of fused-ring (bicyclic) bond motifs is 1. The number of hydrogen-bond donors (Lipinski definition) is 0. The van der Waals surface area contributed by atoms with Gasteiger partial charge in [-0.3, -0.25) is 19.2 Å². The number of anilines is 1. The minimum atomic E-state index is -0.406. The van der Waals surface area contributed by atoms with E-state index >= 15 is 0 Å². The standard InChI is InChI=1S/C48H55N3O10S/c1-4-44(53)58-29-11-7-6-10-28-57-38-22-24-39(25-23-38)59-45(54)34-18-20-35(21-19-34)46(55)60-40-26-27-42(61-47(56)36-16-14-33(15-17-36)32(3)52)37(30-40)31-49-51(5-2)48-50-41-12-8-9-13-43(41)62-48/h4,8-9,12-13,22-27,30-31,33-36H,1,5-7,10-11,14-21,28-29H2,2-3H3/b49-31+. The van der Waals surface area contributed by atoms with E-state index in [9.17, 15) is 24.0 Å². The third-order valence-electron chi connectivity index (χ3n) is 11.3. The predicted molar refractivity (Wildman–Crippen MR) is 237 cm³/mol. The summed E-state index contributed by atoms with van der Waals surface area (Å²) in [7, 11) is 0. The van der Waals surface area contributed by atoms with Crippen LogP contribution in [-0.4, -0.2) is 60.6 Å². The fourth-order valence-electron chi connectivity index (χ4n) is 7.63. The van der Waals surface area contributed by atoms with Gasteiger partial charge in [-0.1, -0.05) is 30.0 Å². The first-order valence-corrected chi connectivity index (χ1v) is 22.4. The number of unbranched alkanes of at least 4 members (excludes halogenated alkanes) is 3. The van der Waals surface area contributed by atoms with E-state index < -0.39 is 17.9 Å². The van der Waals surface area contributed by atoms with Gasteiger partial charge in [-0.25, -0.2) is 14.8 Å². The number of rotatable bonds is 20. The van der Waals surface area contributed by atoms with Gasteiger partial charge in [-0.05, 0) is 145 Å². The van der Waals surface area contributed by atoms with E-state index in [4.69, 9.17) is 33.8 Å². The number of ether oxygens (including phenoxy) is 5. The molecule has 0 N–H and O–H groups in total. The Hall–Kier alpha value is -5.89. The summed E-state index contributed by atoms with van der Waals surface area (Å²) in [5, 5.41) is 7.18. The molecular weight excluding hydrogens is 811 g/mol. The van der Waals surface area contributed by atoms with Crippen LogP contribution in [0.1, 0.15) is 96.5 Å². The summed E-state index contributed by atoms with van der Waals surface area (Å²) in [6.07, 6.45) is 10.6. The second-order valence-corrected chi connectivity index (χ2v) is 16.7. The molecule has 0 spiro atoms. The maximum Gasteiger partial charge on any atom is 0.330 e. The van der Waals surface area contributed by atoms with Crippen LogP contribution in [-0.2, 0) is 28.7 Å². The van der Waals surface area contributed by atoms with Crippen LogP contribution in [0.25, 0.3) is 10.2 Å². The molecule has 2 aliphatic carbocycles. The highest BCUT2D eigenvalue weighted by molar-refractivity contribution is 7.22. The quantitative estimate of drug-likeness (QED) is 0.0207. The van der Waals surface area contributed by atoms with Crippen LogP contribution in [0.2, 0.25) is 0 Å². The second-order valence-electron chi connectivity index (χ2n) is 15.7. The summed E-state index contributed by atoms with van der Waals surface area (Å²) in [5.41, 5.74) is 1.32. The number of carbonyl (C=O) groups is 5. The summed E-state index contributed by atoms with van der Waals surface area (Å²) < 4.78 is 29.3. The molecule has 13 nitrogen and oxygen atoms in total. The molecule has 2 aliphatic rings. The van der Waals surface area contributed by atoms with Crippen LogP contribution < -0.4 is 24.0 Å². The van der Waals surface area contributed by atoms with Gasteiger partial charge in [0, 0.05) is 24.1 Å². The van der Waals surface area contributed by atoms with Crippen molar-refractivity contribution in [2.75, 3.05) is 24.8 Å². The van der Waals surface area contributed by atoms with Crippen LogP contribution in [0.3, 0.4) is 0 Å². The average molecular weight is 866 g/mol. The molecule has 62 heavy (non-hydrogen) atoms. The maximum atomic E-state index is 13.5. The molecule has 3 aromatic carbocycles. The largest absolute Gasteiger partial charge is 0.494 e. The summed E-state index contributed by atoms with van der Waals surface area (Å²) in [4.78, 5) is 67.6. The molecular formula is C48H55N3O10S. The van der Waals surface area contributed by atoms with Crippen LogP contribution in [0, 0.1) is 23.7 Å². The van der Waals surface area contributed by atoms with E-state index in [-0.39, 0.29) is 47.0 Å². The monoisotopic (exact) mass is 865 g/mol. The number of para-hydroxylation sites is 1. The second kappa shape index (κ2) is 22.8. The summed E-state index contributed by atoms with van der Waals surface area (Å²) in [6.45, 7) is 8.39. The number of hydrazone groups is 1. The Balaban J connectivity index is 1.01. The smallest absolute Gasteiger partial charge is 0.330 e. The molecule has 14 heteroatoms. The molecule has 2 fully saturated rings. The fraction of sp³-hybridized carbons (Fsp3) is 0.438. The third-order valence-corrected chi connectivity index (χ3v) is 12.4. The van der Waals surface area contributed by atoms with E-state index in [1.54, 1.807) is 60.6 Å². The Bertz CT molecular complexity index is 2170. The first-order valence-electron chi connectivity index (χ1n) is 21.6. The molecule has 6 rings (SSSR count). The van der Waals surface area contributed by atoms with Gasteiger partial charge in [-0.2, -0.15) is 5.10 Å². The number of benzene rings is 3. The molecule has 328 valence electrons. The van der Waals surface area contributed by atoms with Crippen LogP contribution in [0.5, 0.6) is 23.0 Å². The lowest BCUT2D eigenvalue weighted by Crippen LogP contribution is -2.30. The number of hydrogen-bond acceptors (Lipinski definition) is 14. The molecule has 0 aliphatic heterocycles. The highest BCUT2D eigenvalue weighted by Crippen LogP contribution is 2.35. The number of Topliss-reactive ketones (excluding diaryl/α,β-unsaturated/α-hetero) is 1. The highest BCUT2D eigenvalue weighted by Gasteiger charge is 2.33. The van der Waals surface area contributed by atoms with Crippen molar-refractivity contribution in [3.63, 3.8) is 0 Å². The van der Waals surface area contributed by atoms with Gasteiger partial charge in [0.05, 0.1) is 47.4 Å². The van der Waals surface area contributed by atoms with Gasteiger partial charge < -0.3 is 23.7 Å². The molecule has 0 unspecified atom stereocenters. The number of nitrogens with zero attached hydrogens (tertiary/aromatic N) is 3. The SMILES string of the molecule is C=CC(=O)OCCCCCCOc1ccc(OC(=O)C2CCC(C(=O)Oc3ccc(OC(=O)C4CCC(C(C)=O)CC4)c(/C=N/N(CC)c4nc5ccccc5s4)c3)CC2)cc1. The first-order chi connectivity index (χ1) is 30.1. The van der Waals surface area contributed by atoms with Crippen molar-refractivity contribution in [2.45, 2.75) is 90.9 Å². The predicted octanol–water partition coefficient (Wildman–Crippen LogP) is 9.44. The zero-order valence-electron chi connectivity index (χ0n) is 35.5. The number of thiazole rings is 1. The van der Waals surface area contributed by atoms with Crippen molar-refractivity contribution in [2.24, 2.45) is 28.8 Å². The van der Waals surface area contributed by atoms with Gasteiger partial charge in [0.1, 0.15) is 28.8 Å². The number of esters is 4. The van der Waals surface area contributed by atoms with E-state index in [0.717, 1.165) is 42.0 Å². The van der Waals surface area contributed by atoms with Crippen molar-refractivity contribution < 1.29 is 47.7 Å². The van der Waals surface area contributed by atoms with Gasteiger partial charge >= 0.3 is 23.9 Å². The van der Waals surface area contributed by atoms with Crippen molar-refractivity contribution >= 4 is 62.6 Å². The van der Waals surface area contributed by atoms with Gasteiger partial charge in [0.15, 0.2) is 0 Å². The topological polar surface area (TPSA) is 160 Å². The zero-order valence-corrected chi connectivity index (χ0v) is 36.3. The van der Waals surface area contributed by atoms with Gasteiger partial charge in [0.2, 0.25) is 5.13 Å². The van der Waals surface area contributed by atoms with E-state index in [2.05, 4.69) is 6.58 Å². The zero-order chi connectivity index (χ0) is 43.8. The summed E-state index contributed by atoms with van der Waals surface area (Å²) >= 11 is 1.52. The summed E-state index contributed by atoms with van der Waals surface area (Å²) in [5.74, 6) is -0.793. The molecule has 1 aromatic heterocycles. The molecule has 0 bridgehead atoms. The lowest BCUT2D eigenvalue weighted by atomic mass is 9.80. The minimum Gasteiger partial charge on any atom is -0.494 e. The minimum absolute atomic E-state index is 0.0186. The third kappa shape index (κ3) is 13.1. The molecule has 0 radical (unpaired) electrons. The molecule has 0 amide bonds. The Morgan fingerprint density at radius 3 is 1.90 bits per heavy atom. The van der Waals surface area contributed by atoms with Crippen LogP contribution in [0.4, 0.5) is 5.13 Å². The lowest BCUT2D eigenvalue weighted by molar-refractivity contribution is -0.145. The van der Waals surface area contributed by atoms with Crippen molar-refractivity contribution in [1.82, 2.24) is 4.98 Å². The Morgan fingerprint density at radius 2 is 1.29 bits per heavy atom. The maximum absolute atomic E-state index is 13.5. The lowest BCUT2D eigenvalue weighted by Gasteiger charge is -2.26. The van der Waals surface area contributed by atoms with Crippen LogP contribution in [0.15, 0.2) is 84.5 Å².